The molecule has 2 aromatic carbocycles. The Morgan fingerprint density at radius 1 is 1.14 bits per heavy atom. The van der Waals surface area contributed by atoms with E-state index in [0.717, 1.165) is 22.6 Å². The van der Waals surface area contributed by atoms with Gasteiger partial charge in [-0.2, -0.15) is 0 Å². The minimum atomic E-state index is -1.19. The van der Waals surface area contributed by atoms with Crippen LogP contribution < -0.4 is 9.47 Å². The third-order valence-corrected chi connectivity index (χ3v) is 5.27. The SMILES string of the molecule is COc1cc(CN2CC[C@](O)(c3ccccc3)[C@@H](O)C2)ccc1OCC(C)C. The Labute approximate surface area is 167 Å². The molecular formula is C23H31NO4. The van der Waals surface area contributed by atoms with Crippen molar-refractivity contribution in [2.45, 2.75) is 38.5 Å². The lowest BCUT2D eigenvalue weighted by Gasteiger charge is -2.42. The van der Waals surface area contributed by atoms with Gasteiger partial charge in [-0.3, -0.25) is 4.90 Å². The van der Waals surface area contributed by atoms with Crippen molar-refractivity contribution in [3.8, 4) is 11.5 Å². The summed E-state index contributed by atoms with van der Waals surface area (Å²) in [5.41, 5.74) is 0.672. The molecule has 2 aromatic rings. The van der Waals surface area contributed by atoms with Crippen molar-refractivity contribution >= 4 is 0 Å². The first-order valence-corrected chi connectivity index (χ1v) is 9.90. The highest BCUT2D eigenvalue weighted by Crippen LogP contribution is 2.34. The fraction of sp³-hybridized carbons (Fsp3) is 0.478. The molecule has 0 spiro atoms. The third-order valence-electron chi connectivity index (χ3n) is 5.27. The van der Waals surface area contributed by atoms with E-state index >= 15 is 0 Å². The minimum absolute atomic E-state index is 0.416. The first-order chi connectivity index (χ1) is 13.4. The molecule has 3 rings (SSSR count). The van der Waals surface area contributed by atoms with Gasteiger partial charge < -0.3 is 19.7 Å². The van der Waals surface area contributed by atoms with Crippen LogP contribution in [0.5, 0.6) is 11.5 Å². The van der Waals surface area contributed by atoms with Gasteiger partial charge in [0.25, 0.3) is 0 Å². The van der Waals surface area contributed by atoms with Crippen LogP contribution in [-0.4, -0.2) is 48.0 Å². The van der Waals surface area contributed by atoms with E-state index in [9.17, 15) is 10.2 Å². The lowest BCUT2D eigenvalue weighted by molar-refractivity contribution is -0.126. The summed E-state index contributed by atoms with van der Waals surface area (Å²) in [5.74, 6) is 1.91. The number of aliphatic hydroxyl groups excluding tert-OH is 1. The molecule has 0 aromatic heterocycles. The molecule has 1 aliphatic heterocycles. The maximum atomic E-state index is 11.0. The van der Waals surface area contributed by atoms with Crippen molar-refractivity contribution < 1.29 is 19.7 Å². The predicted octanol–water partition coefficient (Wildman–Crippen LogP) is 3.18. The molecule has 1 fully saturated rings. The second-order valence-electron chi connectivity index (χ2n) is 7.98. The van der Waals surface area contributed by atoms with Crippen molar-refractivity contribution in [3.63, 3.8) is 0 Å². The summed E-state index contributed by atoms with van der Waals surface area (Å²) < 4.78 is 11.3. The van der Waals surface area contributed by atoms with E-state index in [0.29, 0.717) is 38.6 Å². The number of hydrogen-bond donors (Lipinski definition) is 2. The molecule has 2 atom stereocenters. The monoisotopic (exact) mass is 385 g/mol. The van der Waals surface area contributed by atoms with Gasteiger partial charge >= 0.3 is 0 Å². The molecule has 0 radical (unpaired) electrons. The number of nitrogens with zero attached hydrogens (tertiary/aromatic N) is 1. The quantitative estimate of drug-likeness (QED) is 0.767. The fourth-order valence-electron chi connectivity index (χ4n) is 3.63. The van der Waals surface area contributed by atoms with E-state index in [1.807, 2.05) is 48.5 Å². The van der Waals surface area contributed by atoms with Crippen LogP contribution >= 0.6 is 0 Å². The summed E-state index contributed by atoms with van der Waals surface area (Å²) >= 11 is 0. The van der Waals surface area contributed by atoms with E-state index < -0.39 is 11.7 Å². The average Bonchev–Trinajstić information content (AvgIpc) is 2.70. The van der Waals surface area contributed by atoms with Crippen LogP contribution in [0.1, 0.15) is 31.4 Å². The number of β-amino-alcohol motifs (C(OH)–C–C–N with tert-alkyl or cyclic N) is 1. The van der Waals surface area contributed by atoms with Gasteiger partial charge in [0.2, 0.25) is 0 Å². The number of hydrogen-bond acceptors (Lipinski definition) is 5. The van der Waals surface area contributed by atoms with Crippen LogP contribution in [0.3, 0.4) is 0 Å². The molecular weight excluding hydrogens is 354 g/mol. The number of aliphatic hydroxyl groups is 2. The van der Waals surface area contributed by atoms with Gasteiger partial charge in [0.1, 0.15) is 5.60 Å². The Kier molecular flexibility index (Phi) is 6.60. The summed E-state index contributed by atoms with van der Waals surface area (Å²) in [6.45, 7) is 6.67. The van der Waals surface area contributed by atoms with Crippen LogP contribution in [0.4, 0.5) is 0 Å². The molecule has 0 bridgehead atoms. The normalized spacial score (nSPS) is 23.0. The lowest BCUT2D eigenvalue weighted by atomic mass is 9.82. The van der Waals surface area contributed by atoms with Crippen LogP contribution in [0.2, 0.25) is 0 Å². The molecule has 2 N–H and O–H groups in total. The summed E-state index contributed by atoms with van der Waals surface area (Å²) in [6.07, 6.45) is -0.343. The highest BCUT2D eigenvalue weighted by Gasteiger charge is 2.41. The van der Waals surface area contributed by atoms with E-state index in [4.69, 9.17) is 9.47 Å². The van der Waals surface area contributed by atoms with Gasteiger partial charge in [0, 0.05) is 19.6 Å². The number of rotatable bonds is 7. The highest BCUT2D eigenvalue weighted by atomic mass is 16.5. The molecule has 1 saturated heterocycles. The smallest absolute Gasteiger partial charge is 0.161 e. The molecule has 1 heterocycles. The maximum absolute atomic E-state index is 11.0. The second-order valence-corrected chi connectivity index (χ2v) is 7.98. The van der Waals surface area contributed by atoms with Crippen molar-refractivity contribution in [2.75, 3.05) is 26.8 Å². The van der Waals surface area contributed by atoms with E-state index in [-0.39, 0.29) is 0 Å². The molecule has 5 heteroatoms. The fourth-order valence-corrected chi connectivity index (χ4v) is 3.63. The Hall–Kier alpha value is -2.08. The first-order valence-electron chi connectivity index (χ1n) is 9.90. The van der Waals surface area contributed by atoms with Gasteiger partial charge in [-0.25, -0.2) is 0 Å². The van der Waals surface area contributed by atoms with Crippen molar-refractivity contribution in [1.82, 2.24) is 4.90 Å². The highest BCUT2D eigenvalue weighted by molar-refractivity contribution is 5.43. The number of likely N-dealkylation sites (tertiary alicyclic amines) is 1. The maximum Gasteiger partial charge on any atom is 0.161 e. The zero-order valence-corrected chi connectivity index (χ0v) is 17.0. The number of piperidine rings is 1. The number of ether oxygens (including phenoxy) is 2. The number of methoxy groups -OCH3 is 1. The van der Waals surface area contributed by atoms with Gasteiger partial charge in [-0.05, 0) is 35.6 Å². The number of benzene rings is 2. The van der Waals surface area contributed by atoms with Gasteiger partial charge in [0.05, 0.1) is 19.8 Å². The van der Waals surface area contributed by atoms with Crippen LogP contribution in [0.15, 0.2) is 48.5 Å². The molecule has 0 saturated carbocycles. The predicted molar refractivity (Wildman–Crippen MR) is 110 cm³/mol. The molecule has 0 unspecified atom stereocenters. The van der Waals surface area contributed by atoms with Gasteiger partial charge in [-0.1, -0.05) is 50.2 Å². The zero-order chi connectivity index (χ0) is 20.1. The third kappa shape index (κ3) is 4.66. The second kappa shape index (κ2) is 8.95. The summed E-state index contributed by atoms with van der Waals surface area (Å²) in [4.78, 5) is 2.16. The van der Waals surface area contributed by atoms with Crippen LogP contribution in [0.25, 0.3) is 0 Å². The Balaban J connectivity index is 1.65. The van der Waals surface area contributed by atoms with Crippen molar-refractivity contribution in [1.29, 1.82) is 0 Å². The van der Waals surface area contributed by atoms with E-state index in [2.05, 4.69) is 18.7 Å². The Bertz CT molecular complexity index is 764. The van der Waals surface area contributed by atoms with Gasteiger partial charge in [-0.15, -0.1) is 0 Å². The molecule has 5 nitrogen and oxygen atoms in total. The largest absolute Gasteiger partial charge is 0.493 e. The Morgan fingerprint density at radius 3 is 2.54 bits per heavy atom. The summed E-state index contributed by atoms with van der Waals surface area (Å²) in [6, 6.07) is 15.4. The van der Waals surface area contributed by atoms with E-state index in [1.54, 1.807) is 7.11 Å². The van der Waals surface area contributed by atoms with Crippen molar-refractivity contribution in [3.05, 3.63) is 59.7 Å². The summed E-state index contributed by atoms with van der Waals surface area (Å²) in [7, 11) is 1.64. The average molecular weight is 386 g/mol. The molecule has 1 aliphatic rings. The summed E-state index contributed by atoms with van der Waals surface area (Å²) in [5, 5.41) is 21.7. The van der Waals surface area contributed by atoms with Gasteiger partial charge in [0.15, 0.2) is 11.5 Å². The van der Waals surface area contributed by atoms with Crippen LogP contribution in [-0.2, 0) is 12.1 Å². The first kappa shape index (κ1) is 20.6. The molecule has 28 heavy (non-hydrogen) atoms. The molecule has 152 valence electrons. The molecule has 0 amide bonds. The Morgan fingerprint density at radius 2 is 1.89 bits per heavy atom. The van der Waals surface area contributed by atoms with Crippen molar-refractivity contribution in [2.24, 2.45) is 5.92 Å². The standard InChI is InChI=1S/C23H31NO4/c1-17(2)16-28-20-10-9-18(13-21(20)27-3)14-24-12-11-23(26,22(25)15-24)19-7-5-4-6-8-19/h4-10,13,17,22,25-26H,11-12,14-16H2,1-3H3/t22-,23-/m0/s1. The van der Waals surface area contributed by atoms with E-state index in [1.165, 1.54) is 0 Å². The topological polar surface area (TPSA) is 62.2 Å². The minimum Gasteiger partial charge on any atom is -0.493 e. The lowest BCUT2D eigenvalue weighted by Crippen LogP contribution is -2.53. The van der Waals surface area contributed by atoms with Crippen LogP contribution in [0, 0.1) is 5.92 Å². The zero-order valence-electron chi connectivity index (χ0n) is 17.0. The molecule has 0 aliphatic carbocycles.